The smallest absolute Gasteiger partial charge is 0.238 e. The third-order valence-electron chi connectivity index (χ3n) is 4.80. The Hall–Kier alpha value is -2.89. The van der Waals surface area contributed by atoms with E-state index in [1.807, 2.05) is 55.5 Å². The van der Waals surface area contributed by atoms with Crippen LogP contribution in [0.2, 0.25) is 0 Å². The zero-order chi connectivity index (χ0) is 19.2. The lowest BCUT2D eigenvalue weighted by Crippen LogP contribution is -2.14. The van der Waals surface area contributed by atoms with Crippen LogP contribution in [0, 0.1) is 6.92 Å². The summed E-state index contributed by atoms with van der Waals surface area (Å²) in [5, 5.41) is 9.26. The molecule has 0 spiro atoms. The Morgan fingerprint density at radius 3 is 2.26 bits per heavy atom. The van der Waals surface area contributed by atoms with E-state index >= 15 is 0 Å². The van der Waals surface area contributed by atoms with Crippen LogP contribution in [0.1, 0.15) is 5.56 Å². The van der Waals surface area contributed by atoms with Gasteiger partial charge in [-0.25, -0.2) is 13.6 Å². The maximum absolute atomic E-state index is 12.4. The quantitative estimate of drug-likeness (QED) is 0.566. The molecule has 4 aromatic rings. The van der Waals surface area contributed by atoms with Crippen molar-refractivity contribution in [1.82, 2.24) is 0 Å². The fraction of sp³-hybridized carbons (Fsp3) is 0.0909. The zero-order valence-corrected chi connectivity index (χ0v) is 15.9. The summed E-state index contributed by atoms with van der Waals surface area (Å²) in [6, 6.07) is 20.9. The van der Waals surface area contributed by atoms with Gasteiger partial charge in [-0.1, -0.05) is 60.2 Å². The molecule has 0 aliphatic carbocycles. The van der Waals surface area contributed by atoms with Crippen LogP contribution >= 0.6 is 0 Å². The summed E-state index contributed by atoms with van der Waals surface area (Å²) in [6.07, 6.45) is 0. The number of fused-ring (bicyclic) bond motifs is 2. The van der Waals surface area contributed by atoms with Crippen LogP contribution in [-0.4, -0.2) is 15.5 Å². The van der Waals surface area contributed by atoms with Crippen LogP contribution in [-0.2, 0) is 10.0 Å². The minimum Gasteiger partial charge on any atom is -0.496 e. The second-order valence-corrected chi connectivity index (χ2v) is 8.10. The molecule has 4 rings (SSSR count). The molecule has 0 saturated carbocycles. The van der Waals surface area contributed by atoms with Crippen molar-refractivity contribution in [3.63, 3.8) is 0 Å². The average Bonchev–Trinajstić information content (AvgIpc) is 2.65. The number of methoxy groups -OCH3 is 1. The summed E-state index contributed by atoms with van der Waals surface area (Å²) in [5.41, 5.74) is 2.43. The Morgan fingerprint density at radius 1 is 0.815 bits per heavy atom. The van der Waals surface area contributed by atoms with Crippen molar-refractivity contribution in [2.45, 2.75) is 11.8 Å². The first-order valence-corrected chi connectivity index (χ1v) is 10.1. The van der Waals surface area contributed by atoms with E-state index in [2.05, 4.69) is 6.07 Å². The Morgan fingerprint density at radius 2 is 1.52 bits per heavy atom. The second kappa shape index (κ2) is 6.37. The molecule has 0 aromatic heterocycles. The maximum Gasteiger partial charge on any atom is 0.238 e. The van der Waals surface area contributed by atoms with E-state index in [-0.39, 0.29) is 4.90 Å². The van der Waals surface area contributed by atoms with Gasteiger partial charge in [0.2, 0.25) is 10.0 Å². The first-order valence-electron chi connectivity index (χ1n) is 8.52. The molecule has 0 saturated heterocycles. The third-order valence-corrected chi connectivity index (χ3v) is 5.76. The summed E-state index contributed by atoms with van der Waals surface area (Å²) in [6.45, 7) is 2.02. The fourth-order valence-corrected chi connectivity index (χ4v) is 4.36. The molecule has 0 aliphatic rings. The molecular weight excluding hydrogens is 358 g/mol. The van der Waals surface area contributed by atoms with Crippen LogP contribution in [0.3, 0.4) is 0 Å². The predicted octanol–water partition coefficient (Wildman–Crippen LogP) is 4.62. The molecule has 4 aromatic carbocycles. The molecule has 0 heterocycles. The number of hydrogen-bond donors (Lipinski definition) is 1. The van der Waals surface area contributed by atoms with Crippen molar-refractivity contribution in [2.24, 2.45) is 5.14 Å². The third kappa shape index (κ3) is 2.95. The van der Waals surface area contributed by atoms with Crippen LogP contribution < -0.4 is 9.88 Å². The van der Waals surface area contributed by atoms with E-state index in [0.29, 0.717) is 11.3 Å². The molecule has 0 radical (unpaired) electrons. The molecule has 136 valence electrons. The van der Waals surface area contributed by atoms with Gasteiger partial charge in [0.15, 0.2) is 0 Å². The lowest BCUT2D eigenvalue weighted by Gasteiger charge is -2.17. The van der Waals surface area contributed by atoms with Crippen LogP contribution in [0.4, 0.5) is 0 Å². The molecule has 5 heteroatoms. The van der Waals surface area contributed by atoms with Gasteiger partial charge in [0.1, 0.15) is 5.75 Å². The number of benzene rings is 4. The van der Waals surface area contributed by atoms with E-state index in [0.717, 1.165) is 32.7 Å². The number of nitrogens with two attached hydrogens (primary N) is 1. The van der Waals surface area contributed by atoms with Crippen molar-refractivity contribution in [3.8, 4) is 16.9 Å². The van der Waals surface area contributed by atoms with E-state index in [1.165, 1.54) is 0 Å². The molecule has 0 fully saturated rings. The van der Waals surface area contributed by atoms with Crippen molar-refractivity contribution in [2.75, 3.05) is 7.11 Å². The van der Waals surface area contributed by atoms with Crippen molar-refractivity contribution >= 4 is 31.6 Å². The predicted molar refractivity (Wildman–Crippen MR) is 110 cm³/mol. The first-order chi connectivity index (χ1) is 12.9. The molecule has 27 heavy (non-hydrogen) atoms. The van der Waals surface area contributed by atoms with Crippen LogP contribution in [0.5, 0.6) is 5.75 Å². The highest BCUT2D eigenvalue weighted by Crippen LogP contribution is 2.43. The van der Waals surface area contributed by atoms with Crippen molar-refractivity contribution in [1.29, 1.82) is 0 Å². The van der Waals surface area contributed by atoms with E-state index in [1.54, 1.807) is 19.2 Å². The van der Waals surface area contributed by atoms with Gasteiger partial charge < -0.3 is 4.74 Å². The molecule has 0 unspecified atom stereocenters. The first kappa shape index (κ1) is 17.5. The largest absolute Gasteiger partial charge is 0.496 e. The van der Waals surface area contributed by atoms with Crippen molar-refractivity contribution in [3.05, 3.63) is 72.3 Å². The Balaban J connectivity index is 2.26. The standard InChI is InChI=1S/C22H19NO3S/c1-14-7-10-18-16(13-14)8-11-19(26-2)21(18)22-17-6-4-3-5-15(17)9-12-20(22)27(23,24)25/h3-13H,1-2H3,(H2,23,24,25). The monoisotopic (exact) mass is 377 g/mol. The summed E-state index contributed by atoms with van der Waals surface area (Å²) in [5.74, 6) is 0.604. The van der Waals surface area contributed by atoms with Gasteiger partial charge in [0.05, 0.1) is 12.0 Å². The maximum atomic E-state index is 12.4. The minimum atomic E-state index is -3.93. The minimum absolute atomic E-state index is 0.0903. The highest BCUT2D eigenvalue weighted by Gasteiger charge is 2.22. The number of primary sulfonamides is 1. The highest BCUT2D eigenvalue weighted by atomic mass is 32.2. The molecular formula is C22H19NO3S. The average molecular weight is 377 g/mol. The second-order valence-electron chi connectivity index (χ2n) is 6.57. The Kier molecular flexibility index (Phi) is 4.13. The van der Waals surface area contributed by atoms with Crippen LogP contribution in [0.25, 0.3) is 32.7 Å². The van der Waals surface area contributed by atoms with Gasteiger partial charge in [-0.2, -0.15) is 0 Å². The lowest BCUT2D eigenvalue weighted by atomic mass is 9.92. The van der Waals surface area contributed by atoms with Gasteiger partial charge in [-0.05, 0) is 40.6 Å². The molecule has 2 N–H and O–H groups in total. The normalized spacial score (nSPS) is 11.8. The number of sulfonamides is 1. The van der Waals surface area contributed by atoms with E-state index in [4.69, 9.17) is 9.88 Å². The van der Waals surface area contributed by atoms with E-state index < -0.39 is 10.0 Å². The lowest BCUT2D eigenvalue weighted by molar-refractivity contribution is 0.417. The van der Waals surface area contributed by atoms with Gasteiger partial charge in [0, 0.05) is 11.1 Å². The topological polar surface area (TPSA) is 69.4 Å². The molecule has 0 atom stereocenters. The number of hydrogen-bond acceptors (Lipinski definition) is 3. The SMILES string of the molecule is COc1ccc2cc(C)ccc2c1-c1c(S(N)(=O)=O)ccc2ccccc12. The highest BCUT2D eigenvalue weighted by molar-refractivity contribution is 7.89. The van der Waals surface area contributed by atoms with Crippen LogP contribution in [0.15, 0.2) is 71.6 Å². The number of aryl methyl sites for hydroxylation is 1. The zero-order valence-electron chi connectivity index (χ0n) is 15.1. The molecule has 0 amide bonds. The van der Waals surface area contributed by atoms with Gasteiger partial charge >= 0.3 is 0 Å². The summed E-state index contributed by atoms with van der Waals surface area (Å²) in [7, 11) is -2.35. The Labute approximate surface area is 158 Å². The number of ether oxygens (including phenoxy) is 1. The molecule has 0 aliphatic heterocycles. The fourth-order valence-electron chi connectivity index (χ4n) is 3.60. The molecule has 4 nitrogen and oxygen atoms in total. The van der Waals surface area contributed by atoms with Gasteiger partial charge in [0.25, 0.3) is 0 Å². The summed E-state index contributed by atoms with van der Waals surface area (Å²) < 4.78 is 30.4. The summed E-state index contributed by atoms with van der Waals surface area (Å²) >= 11 is 0. The summed E-state index contributed by atoms with van der Waals surface area (Å²) in [4.78, 5) is 0.0903. The Bertz CT molecular complexity index is 1290. The van der Waals surface area contributed by atoms with E-state index in [9.17, 15) is 8.42 Å². The van der Waals surface area contributed by atoms with Gasteiger partial charge in [-0.15, -0.1) is 0 Å². The number of rotatable bonds is 3. The molecule has 0 bridgehead atoms. The van der Waals surface area contributed by atoms with Gasteiger partial charge in [-0.3, -0.25) is 0 Å². The van der Waals surface area contributed by atoms with Crippen molar-refractivity contribution < 1.29 is 13.2 Å².